The number of hydrogen-bond acceptors (Lipinski definition) is 14. The van der Waals surface area contributed by atoms with Crippen molar-refractivity contribution in [1.29, 1.82) is 0 Å². The van der Waals surface area contributed by atoms with Crippen LogP contribution in [0.3, 0.4) is 0 Å². The SMILES string of the molecule is N[C@@H](CS)C(=O)N[C@@H](CS)C(=O)N1CCC[C@H]1C(=O)N1CCC[C@H]1C(=O)N1CCC[C@H]1C(=O)N1CCC[C@H]1C(=O)N1CCC[C@H]1C(=O)N[C@@H](CS)C(=O)N[C@@H](CS)C(=O)O. The molecule has 5 rings (SSSR count). The third-order valence-electron chi connectivity index (χ3n) is 12.1. The summed E-state index contributed by atoms with van der Waals surface area (Å²) in [7, 11) is 0. The number of carbonyl (C=O) groups is 9. The van der Waals surface area contributed by atoms with Gasteiger partial charge in [-0.3, -0.25) is 38.4 Å². The fraction of sp³-hybridized carbons (Fsp3) is 0.757. The number of nitrogens with zero attached hydrogens (tertiary/aromatic N) is 5. The maximum atomic E-state index is 14.3. The van der Waals surface area contributed by atoms with Gasteiger partial charge in [0.15, 0.2) is 0 Å². The maximum Gasteiger partial charge on any atom is 0.327 e. The molecule has 0 bridgehead atoms. The molecule has 0 aromatic rings. The zero-order valence-corrected chi connectivity index (χ0v) is 36.9. The average molecular weight is 916 g/mol. The van der Waals surface area contributed by atoms with Crippen LogP contribution >= 0.6 is 50.5 Å². The van der Waals surface area contributed by atoms with E-state index >= 15 is 0 Å². The molecule has 0 aromatic heterocycles. The van der Waals surface area contributed by atoms with Crippen LogP contribution in [-0.2, 0) is 43.2 Å². The second kappa shape index (κ2) is 21.6. The molecule has 5 saturated heterocycles. The highest BCUT2D eigenvalue weighted by atomic mass is 32.1. The van der Waals surface area contributed by atoms with Crippen LogP contribution in [-0.4, -0.2) is 193 Å². The van der Waals surface area contributed by atoms with Crippen molar-refractivity contribution in [3.05, 3.63) is 0 Å². The summed E-state index contributed by atoms with van der Waals surface area (Å²) < 4.78 is 0. The lowest BCUT2D eigenvalue weighted by atomic mass is 10.1. The highest BCUT2D eigenvalue weighted by Crippen LogP contribution is 2.32. The minimum absolute atomic E-state index is 0.0140. The minimum atomic E-state index is -1.29. The summed E-state index contributed by atoms with van der Waals surface area (Å²) in [6.07, 6.45) is 4.51. The van der Waals surface area contributed by atoms with Crippen LogP contribution in [0.5, 0.6) is 0 Å². The van der Waals surface area contributed by atoms with Gasteiger partial charge in [-0.25, -0.2) is 4.79 Å². The minimum Gasteiger partial charge on any atom is -0.480 e. The van der Waals surface area contributed by atoms with Crippen LogP contribution in [0.15, 0.2) is 0 Å². The Morgan fingerprint density at radius 1 is 0.483 bits per heavy atom. The first-order valence-electron chi connectivity index (χ1n) is 20.5. The van der Waals surface area contributed by atoms with Gasteiger partial charge in [0, 0.05) is 55.7 Å². The molecule has 0 radical (unpaired) electrons. The van der Waals surface area contributed by atoms with E-state index in [1.807, 2.05) is 0 Å². The second-order valence-electron chi connectivity index (χ2n) is 15.8. The van der Waals surface area contributed by atoms with Crippen LogP contribution in [0, 0.1) is 0 Å². The fourth-order valence-electron chi connectivity index (χ4n) is 8.88. The van der Waals surface area contributed by atoms with E-state index in [0.717, 1.165) is 0 Å². The van der Waals surface area contributed by atoms with Gasteiger partial charge in [0.25, 0.3) is 0 Å². The van der Waals surface area contributed by atoms with Gasteiger partial charge in [-0.1, -0.05) is 0 Å². The van der Waals surface area contributed by atoms with Crippen LogP contribution in [0.2, 0.25) is 0 Å². The van der Waals surface area contributed by atoms with Crippen molar-refractivity contribution in [2.45, 2.75) is 119 Å². The third kappa shape index (κ3) is 10.4. The second-order valence-corrected chi connectivity index (χ2v) is 17.3. The summed E-state index contributed by atoms with van der Waals surface area (Å²) in [5, 5.41) is 16.8. The molecule has 5 aliphatic rings. The molecule has 0 unspecified atom stereocenters. The summed E-state index contributed by atoms with van der Waals surface area (Å²) in [6.45, 7) is 1.42. The number of carbonyl (C=O) groups excluding carboxylic acids is 8. The van der Waals surface area contributed by atoms with Crippen LogP contribution in [0.1, 0.15) is 64.2 Å². The largest absolute Gasteiger partial charge is 0.480 e. The highest BCUT2D eigenvalue weighted by molar-refractivity contribution is 7.80. The smallest absolute Gasteiger partial charge is 0.327 e. The van der Waals surface area contributed by atoms with Crippen LogP contribution in [0.4, 0.5) is 0 Å². The van der Waals surface area contributed by atoms with Crippen molar-refractivity contribution in [3.63, 3.8) is 0 Å². The first kappa shape index (κ1) is 47.6. The van der Waals surface area contributed by atoms with E-state index in [-0.39, 0.29) is 53.8 Å². The monoisotopic (exact) mass is 915 g/mol. The van der Waals surface area contributed by atoms with Gasteiger partial charge in [-0.2, -0.15) is 50.5 Å². The van der Waals surface area contributed by atoms with Gasteiger partial charge in [0.2, 0.25) is 47.3 Å². The Kier molecular flexibility index (Phi) is 17.1. The van der Waals surface area contributed by atoms with Crippen molar-refractivity contribution in [1.82, 2.24) is 40.4 Å². The number of carboxylic acids is 1. The number of hydrogen-bond donors (Lipinski definition) is 9. The summed E-state index contributed by atoms with van der Waals surface area (Å²) in [5.41, 5.74) is 5.78. The molecule has 5 aliphatic heterocycles. The van der Waals surface area contributed by atoms with Gasteiger partial charge in [0.05, 0.1) is 6.04 Å². The first-order valence-corrected chi connectivity index (χ1v) is 23.1. The Balaban J connectivity index is 1.23. The lowest BCUT2D eigenvalue weighted by Gasteiger charge is -2.36. The summed E-state index contributed by atoms with van der Waals surface area (Å²) in [6, 6.07) is -8.70. The van der Waals surface area contributed by atoms with Gasteiger partial charge in [-0.15, -0.1) is 0 Å². The van der Waals surface area contributed by atoms with Crippen molar-refractivity contribution < 1.29 is 48.3 Å². The topological polar surface area (TPSA) is 252 Å². The number of likely N-dealkylation sites (tertiary alicyclic amines) is 5. The molecular formula is C37H57N9O10S4. The first-order chi connectivity index (χ1) is 28.7. The Labute approximate surface area is 371 Å². The molecule has 0 aromatic carbocycles. The van der Waals surface area contributed by atoms with E-state index in [4.69, 9.17) is 5.73 Å². The van der Waals surface area contributed by atoms with Crippen molar-refractivity contribution >= 4 is 104 Å². The molecule has 0 aliphatic carbocycles. The lowest BCUT2D eigenvalue weighted by Crippen LogP contribution is -2.59. The molecule has 23 heteroatoms. The molecule has 334 valence electrons. The molecule has 5 fully saturated rings. The third-order valence-corrected chi connectivity index (χ3v) is 13.6. The summed E-state index contributed by atoms with van der Waals surface area (Å²) >= 11 is 16.4. The van der Waals surface area contributed by atoms with E-state index in [1.165, 1.54) is 24.5 Å². The van der Waals surface area contributed by atoms with E-state index in [9.17, 15) is 48.3 Å². The number of rotatable bonds is 16. The fourth-order valence-corrected chi connectivity index (χ4v) is 9.80. The molecule has 9 atom stereocenters. The number of carboxylic acid groups (broad SMARTS) is 1. The molecular weight excluding hydrogens is 859 g/mol. The molecule has 6 N–H and O–H groups in total. The van der Waals surface area contributed by atoms with E-state index in [0.29, 0.717) is 83.8 Å². The molecule has 8 amide bonds. The zero-order chi connectivity index (χ0) is 43.8. The molecule has 0 saturated carbocycles. The average Bonchev–Trinajstić information content (AvgIpc) is 4.10. The van der Waals surface area contributed by atoms with E-state index in [1.54, 1.807) is 0 Å². The highest BCUT2D eigenvalue weighted by Gasteiger charge is 2.49. The normalized spacial score (nSPS) is 26.1. The standard InChI is InChI=1S/C37H57N9O10S4/c38-20(16-57)29(47)40-22(18-59)32(50)43-12-2-7-25(43)34(52)45-14-4-9-27(45)36(54)46-15-5-10-28(46)35(53)44-13-3-8-26(44)33(51)42-11-1-6-24(42)31(49)39-21(17-58)30(48)41-23(19-60)37(55)56/h20-28,57-60H,1-19,38H2,(H,39,49)(H,40,47)(H,41,48)(H,55,56)/t20-,21-,22-,23-,24-,25-,26-,27-,28-/m0/s1. The summed E-state index contributed by atoms with van der Waals surface area (Å²) in [5.74, 6) is -5.40. The van der Waals surface area contributed by atoms with Crippen molar-refractivity contribution in [2.75, 3.05) is 55.7 Å². The maximum absolute atomic E-state index is 14.3. The van der Waals surface area contributed by atoms with Gasteiger partial charge in [0.1, 0.15) is 48.3 Å². The molecule has 0 spiro atoms. The number of thiol groups is 4. The van der Waals surface area contributed by atoms with E-state index in [2.05, 4.69) is 66.5 Å². The molecule has 5 heterocycles. The van der Waals surface area contributed by atoms with E-state index < -0.39 is 89.9 Å². The Morgan fingerprint density at radius 3 is 1.22 bits per heavy atom. The summed E-state index contributed by atoms with van der Waals surface area (Å²) in [4.78, 5) is 128. The zero-order valence-electron chi connectivity index (χ0n) is 33.4. The predicted octanol–water partition coefficient (Wildman–Crippen LogP) is -2.47. The molecule has 60 heavy (non-hydrogen) atoms. The van der Waals surface area contributed by atoms with Crippen LogP contribution in [0.25, 0.3) is 0 Å². The number of amides is 8. The Bertz CT molecular complexity index is 1680. The number of aliphatic carboxylic acids is 1. The van der Waals surface area contributed by atoms with Crippen LogP contribution < -0.4 is 21.7 Å². The number of nitrogens with one attached hydrogen (secondary N) is 3. The van der Waals surface area contributed by atoms with Gasteiger partial charge in [-0.05, 0) is 64.2 Å². The van der Waals surface area contributed by atoms with Crippen molar-refractivity contribution in [3.8, 4) is 0 Å². The number of nitrogens with two attached hydrogens (primary N) is 1. The Hall–Kier alpha value is -3.41. The predicted molar refractivity (Wildman–Crippen MR) is 230 cm³/mol. The van der Waals surface area contributed by atoms with Gasteiger partial charge >= 0.3 is 5.97 Å². The van der Waals surface area contributed by atoms with Gasteiger partial charge < -0.3 is 51.3 Å². The lowest BCUT2D eigenvalue weighted by molar-refractivity contribution is -0.154. The van der Waals surface area contributed by atoms with Crippen molar-refractivity contribution in [2.24, 2.45) is 5.73 Å². The Morgan fingerprint density at radius 2 is 0.833 bits per heavy atom. The molecule has 19 nitrogen and oxygen atoms in total. The quantitative estimate of drug-likeness (QED) is 0.0735.